The zero-order chi connectivity index (χ0) is 38.8. The van der Waals surface area contributed by atoms with Crippen molar-refractivity contribution in [2.45, 2.75) is 18.3 Å². The number of allylic oxidation sites excluding steroid dienone is 5. The van der Waals surface area contributed by atoms with Crippen LogP contribution in [0, 0.1) is 0 Å². The molecule has 0 bridgehead atoms. The number of benzene rings is 7. The van der Waals surface area contributed by atoms with E-state index in [-0.39, 0.29) is 11.3 Å². The molecule has 57 heavy (non-hydrogen) atoms. The Kier molecular flexibility index (Phi) is 9.46. The quantitative estimate of drug-likeness (QED) is 0.110. The van der Waals surface area contributed by atoms with Gasteiger partial charge in [-0.3, -0.25) is 0 Å². The van der Waals surface area contributed by atoms with Gasteiger partial charge in [-0.1, -0.05) is 202 Å². The normalized spacial score (nSPS) is 17.0. The lowest BCUT2D eigenvalue weighted by Gasteiger charge is -2.42. The lowest BCUT2D eigenvalue weighted by molar-refractivity contribution is 0.519. The summed E-state index contributed by atoms with van der Waals surface area (Å²) in [4.78, 5) is 10.5. The number of nitrogens with zero attached hydrogens (tertiary/aromatic N) is 2. The summed E-state index contributed by atoms with van der Waals surface area (Å²) in [5.74, 6) is 0.812. The predicted octanol–water partition coefficient (Wildman–Crippen LogP) is 13.9. The molecule has 0 aromatic heterocycles. The molecule has 0 amide bonds. The first-order valence-electron chi connectivity index (χ1n) is 19.5. The van der Waals surface area contributed by atoms with Gasteiger partial charge in [0.05, 0.1) is 11.4 Å². The topological polar surface area (TPSA) is 24.7 Å². The van der Waals surface area contributed by atoms with Gasteiger partial charge >= 0.3 is 0 Å². The van der Waals surface area contributed by atoms with E-state index in [0.29, 0.717) is 11.5 Å². The molecule has 2 aliphatic carbocycles. The third kappa shape index (κ3) is 6.77. The van der Waals surface area contributed by atoms with Gasteiger partial charge in [0, 0.05) is 22.5 Å². The van der Waals surface area contributed by atoms with E-state index in [1.165, 1.54) is 27.8 Å². The van der Waals surface area contributed by atoms with Crippen molar-refractivity contribution in [3.63, 3.8) is 0 Å². The molecule has 9 rings (SSSR count). The monoisotopic (exact) mass is 730 g/mol. The fourth-order valence-electron chi connectivity index (χ4n) is 8.45. The molecule has 272 valence electrons. The van der Waals surface area contributed by atoms with Crippen molar-refractivity contribution < 1.29 is 0 Å². The van der Waals surface area contributed by atoms with Crippen molar-refractivity contribution in [1.82, 2.24) is 0 Å². The molecule has 2 heteroatoms. The van der Waals surface area contributed by atoms with Gasteiger partial charge in [0.15, 0.2) is 5.84 Å². The summed E-state index contributed by atoms with van der Waals surface area (Å²) in [7, 11) is 0. The van der Waals surface area contributed by atoms with Crippen LogP contribution in [0.1, 0.15) is 40.7 Å². The Morgan fingerprint density at radius 1 is 0.544 bits per heavy atom. The van der Waals surface area contributed by atoms with E-state index in [0.717, 1.165) is 50.2 Å². The molecule has 0 heterocycles. The van der Waals surface area contributed by atoms with Crippen LogP contribution in [-0.2, 0) is 5.41 Å². The Bertz CT molecular complexity index is 2780. The largest absolute Gasteiger partial charge is 0.229 e. The van der Waals surface area contributed by atoms with E-state index in [1.54, 1.807) is 0 Å². The third-order valence-electron chi connectivity index (χ3n) is 11.4. The van der Waals surface area contributed by atoms with Crippen LogP contribution in [0.25, 0.3) is 50.2 Å². The van der Waals surface area contributed by atoms with Gasteiger partial charge in [0.25, 0.3) is 0 Å². The molecule has 0 fully saturated rings. The highest BCUT2D eigenvalue weighted by Crippen LogP contribution is 2.53. The minimum Gasteiger partial charge on any atom is -0.229 e. The van der Waals surface area contributed by atoms with Crippen LogP contribution < -0.4 is 0 Å². The molecule has 0 aliphatic heterocycles. The molecule has 2 aliphatic rings. The highest BCUT2D eigenvalue weighted by atomic mass is 14.9. The Balaban J connectivity index is 1.15. The van der Waals surface area contributed by atoms with E-state index < -0.39 is 0 Å². The molecule has 0 saturated heterocycles. The summed E-state index contributed by atoms with van der Waals surface area (Å²) >= 11 is 0. The van der Waals surface area contributed by atoms with Crippen LogP contribution in [0.5, 0.6) is 0 Å². The summed E-state index contributed by atoms with van der Waals surface area (Å²) in [6.07, 6.45) is 10.9. The van der Waals surface area contributed by atoms with Crippen LogP contribution in [0.4, 0.5) is 0 Å². The van der Waals surface area contributed by atoms with Crippen LogP contribution in [0.2, 0.25) is 0 Å². The highest BCUT2D eigenvalue weighted by molar-refractivity contribution is 6.19. The Hall–Kier alpha value is -7.16. The Morgan fingerprint density at radius 2 is 1.18 bits per heavy atom. The predicted molar refractivity (Wildman–Crippen MR) is 242 cm³/mol. The highest BCUT2D eigenvalue weighted by Gasteiger charge is 2.41. The smallest absolute Gasteiger partial charge is 0.161 e. The van der Waals surface area contributed by atoms with Crippen LogP contribution in [-0.4, -0.2) is 11.5 Å². The molecule has 7 aromatic carbocycles. The van der Waals surface area contributed by atoms with Gasteiger partial charge in [0.2, 0.25) is 0 Å². The van der Waals surface area contributed by atoms with Crippen molar-refractivity contribution in [1.29, 1.82) is 0 Å². The summed E-state index contributed by atoms with van der Waals surface area (Å²) in [5.41, 5.74) is 16.1. The van der Waals surface area contributed by atoms with Crippen molar-refractivity contribution in [2.24, 2.45) is 9.98 Å². The number of aliphatic imine (C=N–C) groups is 2. The first-order valence-corrected chi connectivity index (χ1v) is 19.5. The fourth-order valence-corrected chi connectivity index (χ4v) is 8.45. The third-order valence-corrected chi connectivity index (χ3v) is 11.4. The Morgan fingerprint density at radius 3 is 1.98 bits per heavy atom. The van der Waals surface area contributed by atoms with Gasteiger partial charge in [-0.2, -0.15) is 0 Å². The van der Waals surface area contributed by atoms with E-state index >= 15 is 0 Å². The van der Waals surface area contributed by atoms with Gasteiger partial charge < -0.3 is 0 Å². The van der Waals surface area contributed by atoms with Crippen molar-refractivity contribution in [3.05, 3.63) is 247 Å². The molecule has 0 N–H and O–H groups in total. The van der Waals surface area contributed by atoms with Crippen LogP contribution in [0.15, 0.2) is 229 Å². The zero-order valence-electron chi connectivity index (χ0n) is 32.0. The summed E-state index contributed by atoms with van der Waals surface area (Å²) in [6, 6.07) is 62.0. The minimum atomic E-state index is -0.106. The summed E-state index contributed by atoms with van der Waals surface area (Å²) in [5, 5.41) is 0. The second-order valence-corrected chi connectivity index (χ2v) is 14.9. The van der Waals surface area contributed by atoms with Gasteiger partial charge in [0.1, 0.15) is 0 Å². The van der Waals surface area contributed by atoms with Crippen molar-refractivity contribution >= 4 is 17.2 Å². The Labute approximate surface area is 336 Å². The van der Waals surface area contributed by atoms with E-state index in [1.807, 2.05) is 48.5 Å². The molecule has 2 nitrogen and oxygen atoms in total. The maximum absolute atomic E-state index is 5.29. The summed E-state index contributed by atoms with van der Waals surface area (Å²) < 4.78 is 0. The number of hydrogen-bond acceptors (Lipinski definition) is 1. The standard InChI is InChI=1S/C55H42N2/c1-4-53(45-26-18-23-41(36-45)40-21-9-6-10-22-40)57-54(56-38(2)39-19-7-5-8-20-39)49-29-12-11-27-46(49)44-25-17-24-42(35-44)43-32-33-47-48-28-13-14-30-51(48)55(3)34-16-15-31-52(55)50(47)37-43/h4-37,52H,1-2H2,3H3. The van der Waals surface area contributed by atoms with Gasteiger partial charge in [-0.05, 0) is 85.5 Å². The molecule has 0 saturated carbocycles. The maximum atomic E-state index is 5.29. The second kappa shape index (κ2) is 15.2. The van der Waals surface area contributed by atoms with Gasteiger partial charge in [-0.25, -0.2) is 9.98 Å². The minimum absolute atomic E-state index is 0.106. The van der Waals surface area contributed by atoms with E-state index in [4.69, 9.17) is 9.98 Å². The van der Waals surface area contributed by atoms with Gasteiger partial charge in [-0.15, -0.1) is 0 Å². The average Bonchev–Trinajstić information content (AvgIpc) is 3.28. The SMILES string of the molecule is C=CC(=NC(=NC(=C)c1ccccc1)c1ccccc1-c1cccc(-c2ccc3c(c2)C2C=CC=CC2(C)c2ccccc2-3)c1)c1cccc(-c2ccccc2)c1. The molecule has 7 aromatic rings. The number of amidine groups is 1. The van der Waals surface area contributed by atoms with Crippen LogP contribution in [0.3, 0.4) is 0 Å². The molecular formula is C55H42N2. The molecular weight excluding hydrogens is 689 g/mol. The lowest BCUT2D eigenvalue weighted by atomic mass is 9.60. The first kappa shape index (κ1) is 35.5. The molecule has 0 spiro atoms. The van der Waals surface area contributed by atoms with Crippen molar-refractivity contribution in [3.8, 4) is 44.5 Å². The number of hydrogen-bond donors (Lipinski definition) is 0. The lowest BCUT2D eigenvalue weighted by Crippen LogP contribution is -2.32. The summed E-state index contributed by atoms with van der Waals surface area (Å²) in [6.45, 7) is 11.0. The average molecular weight is 731 g/mol. The van der Waals surface area contributed by atoms with Crippen LogP contribution >= 0.6 is 0 Å². The number of fused-ring (bicyclic) bond motifs is 6. The molecule has 2 unspecified atom stereocenters. The second-order valence-electron chi connectivity index (χ2n) is 14.9. The first-order chi connectivity index (χ1) is 28.0. The zero-order valence-corrected chi connectivity index (χ0v) is 32.0. The van der Waals surface area contributed by atoms with E-state index in [9.17, 15) is 0 Å². The fraction of sp³-hybridized carbons (Fsp3) is 0.0545. The maximum Gasteiger partial charge on any atom is 0.161 e. The van der Waals surface area contributed by atoms with Crippen molar-refractivity contribution in [2.75, 3.05) is 0 Å². The molecule has 2 atom stereocenters. The number of rotatable bonds is 8. The molecule has 0 radical (unpaired) electrons. The van der Waals surface area contributed by atoms with E-state index in [2.05, 4.69) is 178 Å².